The summed E-state index contributed by atoms with van der Waals surface area (Å²) in [6, 6.07) is 0. The Morgan fingerprint density at radius 1 is 0.682 bits per heavy atom. The standard InChI is InChI=1S/C19H35FO2/c20-17(7-3-1-5-9-18(15-21)11-12-18)8-4-2-6-10-19(16-22)13-14-19/h17,21-22H,1-16H2. The monoisotopic (exact) mass is 314 g/mol. The van der Waals surface area contributed by atoms with Gasteiger partial charge in [-0.1, -0.05) is 38.5 Å². The van der Waals surface area contributed by atoms with Crippen LogP contribution < -0.4 is 0 Å². The van der Waals surface area contributed by atoms with E-state index in [0.29, 0.717) is 26.1 Å². The highest BCUT2D eigenvalue weighted by molar-refractivity contribution is 4.92. The summed E-state index contributed by atoms with van der Waals surface area (Å²) in [5, 5.41) is 18.5. The van der Waals surface area contributed by atoms with Crippen LogP contribution in [0.25, 0.3) is 0 Å². The quantitative estimate of drug-likeness (QED) is 0.453. The molecule has 0 heterocycles. The van der Waals surface area contributed by atoms with Gasteiger partial charge in [-0.3, -0.25) is 0 Å². The van der Waals surface area contributed by atoms with Gasteiger partial charge in [0.1, 0.15) is 6.17 Å². The van der Waals surface area contributed by atoms with E-state index < -0.39 is 6.17 Å². The average molecular weight is 314 g/mol. The maximum atomic E-state index is 13.8. The molecule has 0 saturated heterocycles. The summed E-state index contributed by atoms with van der Waals surface area (Å²) in [7, 11) is 0. The SMILES string of the molecule is OCC1(CCCCCC(F)CCCCCC2(CO)CC2)CC1. The Morgan fingerprint density at radius 3 is 1.41 bits per heavy atom. The number of halogens is 1. The average Bonchev–Trinajstić information content (AvgIpc) is 3.43. The fourth-order valence-corrected chi connectivity index (χ4v) is 3.56. The van der Waals surface area contributed by atoms with Crippen molar-refractivity contribution in [2.45, 2.75) is 96.1 Å². The summed E-state index contributed by atoms with van der Waals surface area (Å²) in [4.78, 5) is 0. The number of unbranched alkanes of at least 4 members (excludes halogenated alkanes) is 4. The van der Waals surface area contributed by atoms with Crippen molar-refractivity contribution in [1.29, 1.82) is 0 Å². The van der Waals surface area contributed by atoms with E-state index >= 15 is 0 Å². The van der Waals surface area contributed by atoms with Crippen molar-refractivity contribution < 1.29 is 14.6 Å². The van der Waals surface area contributed by atoms with Crippen molar-refractivity contribution in [1.82, 2.24) is 0 Å². The first kappa shape index (κ1) is 18.2. The number of hydrogen-bond donors (Lipinski definition) is 2. The van der Waals surface area contributed by atoms with E-state index in [1.165, 1.54) is 25.7 Å². The van der Waals surface area contributed by atoms with Crippen molar-refractivity contribution >= 4 is 0 Å². The van der Waals surface area contributed by atoms with Crippen LogP contribution in [-0.2, 0) is 0 Å². The van der Waals surface area contributed by atoms with Crippen LogP contribution in [0.3, 0.4) is 0 Å². The summed E-state index contributed by atoms with van der Waals surface area (Å²) in [6.07, 6.45) is 14.3. The van der Waals surface area contributed by atoms with Gasteiger partial charge in [0.05, 0.1) is 0 Å². The highest BCUT2D eigenvalue weighted by Crippen LogP contribution is 2.50. The summed E-state index contributed by atoms with van der Waals surface area (Å²) in [6.45, 7) is 0.687. The molecular weight excluding hydrogens is 279 g/mol. The number of aliphatic hydroxyl groups excluding tert-OH is 2. The largest absolute Gasteiger partial charge is 0.396 e. The summed E-state index contributed by atoms with van der Waals surface area (Å²) in [5.74, 6) is 0. The van der Waals surface area contributed by atoms with Crippen LogP contribution in [0.4, 0.5) is 4.39 Å². The number of aliphatic hydroxyl groups is 2. The van der Waals surface area contributed by atoms with E-state index in [9.17, 15) is 14.6 Å². The lowest BCUT2D eigenvalue weighted by Crippen LogP contribution is -2.06. The maximum Gasteiger partial charge on any atom is 0.100 e. The Kier molecular flexibility index (Phi) is 7.14. The summed E-state index contributed by atoms with van der Waals surface area (Å²) >= 11 is 0. The number of hydrogen-bond acceptors (Lipinski definition) is 2. The Labute approximate surface area is 135 Å². The first-order valence-corrected chi connectivity index (χ1v) is 9.50. The molecule has 0 unspecified atom stereocenters. The molecule has 22 heavy (non-hydrogen) atoms. The van der Waals surface area contributed by atoms with Crippen LogP contribution in [0.1, 0.15) is 89.9 Å². The van der Waals surface area contributed by atoms with E-state index in [2.05, 4.69) is 0 Å². The van der Waals surface area contributed by atoms with Crippen molar-refractivity contribution in [3.8, 4) is 0 Å². The van der Waals surface area contributed by atoms with Crippen LogP contribution >= 0.6 is 0 Å². The highest BCUT2D eigenvalue weighted by Gasteiger charge is 2.41. The molecule has 0 amide bonds. The fraction of sp³-hybridized carbons (Fsp3) is 1.00. The molecule has 0 aromatic carbocycles. The lowest BCUT2D eigenvalue weighted by atomic mass is 9.97. The molecule has 0 spiro atoms. The van der Waals surface area contributed by atoms with Crippen molar-refractivity contribution in [2.24, 2.45) is 10.8 Å². The van der Waals surface area contributed by atoms with Crippen LogP contribution in [0.5, 0.6) is 0 Å². The van der Waals surface area contributed by atoms with Crippen LogP contribution in [0, 0.1) is 10.8 Å². The second-order valence-corrected chi connectivity index (χ2v) is 8.11. The Hall–Kier alpha value is -0.150. The summed E-state index contributed by atoms with van der Waals surface area (Å²) < 4.78 is 13.8. The molecule has 0 aromatic rings. The molecule has 0 aromatic heterocycles. The van der Waals surface area contributed by atoms with E-state index in [1.54, 1.807) is 0 Å². The second kappa shape index (κ2) is 8.63. The van der Waals surface area contributed by atoms with Crippen molar-refractivity contribution in [3.63, 3.8) is 0 Å². The topological polar surface area (TPSA) is 40.5 Å². The van der Waals surface area contributed by atoms with Gasteiger partial charge >= 0.3 is 0 Å². The van der Waals surface area contributed by atoms with Crippen molar-refractivity contribution in [2.75, 3.05) is 13.2 Å². The third kappa shape index (κ3) is 6.16. The molecule has 2 aliphatic carbocycles. The van der Waals surface area contributed by atoms with Gasteiger partial charge in [-0.2, -0.15) is 0 Å². The zero-order valence-electron chi connectivity index (χ0n) is 14.2. The minimum absolute atomic E-state index is 0.266. The van der Waals surface area contributed by atoms with Crippen molar-refractivity contribution in [3.05, 3.63) is 0 Å². The van der Waals surface area contributed by atoms with Crippen LogP contribution in [0.15, 0.2) is 0 Å². The second-order valence-electron chi connectivity index (χ2n) is 8.11. The molecule has 2 saturated carbocycles. The molecule has 0 bridgehead atoms. The Bertz CT molecular complexity index is 281. The van der Waals surface area contributed by atoms with Gasteiger partial charge in [0.15, 0.2) is 0 Å². The minimum Gasteiger partial charge on any atom is -0.396 e. The fourth-order valence-electron chi connectivity index (χ4n) is 3.56. The first-order chi connectivity index (χ1) is 10.6. The Morgan fingerprint density at radius 2 is 1.09 bits per heavy atom. The number of rotatable bonds is 14. The van der Waals surface area contributed by atoms with E-state index in [-0.39, 0.29) is 10.8 Å². The molecule has 0 aliphatic heterocycles. The molecule has 130 valence electrons. The van der Waals surface area contributed by atoms with Gasteiger partial charge in [-0.25, -0.2) is 4.39 Å². The van der Waals surface area contributed by atoms with Gasteiger partial charge in [0.2, 0.25) is 0 Å². The van der Waals surface area contributed by atoms with Gasteiger partial charge in [-0.15, -0.1) is 0 Å². The highest BCUT2D eigenvalue weighted by atomic mass is 19.1. The van der Waals surface area contributed by atoms with E-state index in [0.717, 1.165) is 51.4 Å². The molecule has 2 N–H and O–H groups in total. The molecule has 2 rings (SSSR count). The van der Waals surface area contributed by atoms with E-state index in [4.69, 9.17) is 0 Å². The van der Waals surface area contributed by atoms with Gasteiger partial charge in [0.25, 0.3) is 0 Å². The normalized spacial score (nSPS) is 21.3. The molecule has 2 nitrogen and oxygen atoms in total. The van der Waals surface area contributed by atoms with Crippen LogP contribution in [0.2, 0.25) is 0 Å². The van der Waals surface area contributed by atoms with Gasteiger partial charge in [0, 0.05) is 13.2 Å². The lowest BCUT2D eigenvalue weighted by molar-refractivity contribution is 0.197. The van der Waals surface area contributed by atoms with Gasteiger partial charge in [-0.05, 0) is 62.2 Å². The third-order valence-corrected chi connectivity index (χ3v) is 6.03. The molecular formula is C19H35FO2. The smallest absolute Gasteiger partial charge is 0.100 e. The zero-order chi connectivity index (χ0) is 15.9. The molecule has 0 radical (unpaired) electrons. The molecule has 0 atom stereocenters. The predicted molar refractivity (Wildman–Crippen MR) is 88.6 cm³/mol. The van der Waals surface area contributed by atoms with Gasteiger partial charge < -0.3 is 10.2 Å². The zero-order valence-corrected chi connectivity index (χ0v) is 14.2. The van der Waals surface area contributed by atoms with E-state index in [1.807, 2.05) is 0 Å². The third-order valence-electron chi connectivity index (χ3n) is 6.03. The summed E-state index contributed by atoms with van der Waals surface area (Å²) in [5.41, 5.74) is 0.533. The predicted octanol–water partition coefficient (Wildman–Crippen LogP) is 4.77. The lowest BCUT2D eigenvalue weighted by Gasteiger charge is -2.12. The first-order valence-electron chi connectivity index (χ1n) is 9.50. The number of alkyl halides is 1. The Balaban J connectivity index is 1.36. The molecule has 2 aliphatic rings. The van der Waals surface area contributed by atoms with Crippen LogP contribution in [-0.4, -0.2) is 29.6 Å². The molecule has 2 fully saturated rings. The maximum absolute atomic E-state index is 13.8. The minimum atomic E-state index is -0.625. The molecule has 3 heteroatoms.